The van der Waals surface area contributed by atoms with E-state index in [4.69, 9.17) is 4.74 Å². The fourth-order valence-electron chi connectivity index (χ4n) is 7.08. The predicted molar refractivity (Wildman–Crippen MR) is 97.2 cm³/mol. The Kier molecular flexibility index (Phi) is 2.94. The maximum Gasteiger partial charge on any atom is 0.174 e. The maximum atomic E-state index is 12.8. The Balaban J connectivity index is 1.59. The Bertz CT molecular complexity index is 932. The van der Waals surface area contributed by atoms with Crippen LogP contribution in [0.4, 0.5) is 0 Å². The SMILES string of the molecule is C[N@+]1(CC2CC2O)CC[C@]23c4c5c(O)cc(O)c4O[C@H]2C(=O)CC[C@@]3(O)[C@@H]1C5. The number of aliphatic hydroxyl groups excluding tert-OH is 1. The van der Waals surface area contributed by atoms with Crippen LogP contribution in [0.2, 0.25) is 0 Å². The van der Waals surface area contributed by atoms with Crippen LogP contribution in [0.1, 0.15) is 36.8 Å². The van der Waals surface area contributed by atoms with E-state index in [2.05, 4.69) is 7.05 Å². The number of likely N-dealkylation sites (N-methyl/N-ethyl adjacent to an activating group) is 1. The molecule has 0 amide bonds. The summed E-state index contributed by atoms with van der Waals surface area (Å²) in [5.41, 5.74) is -0.706. The zero-order chi connectivity index (χ0) is 19.6. The molecule has 1 aromatic carbocycles. The van der Waals surface area contributed by atoms with E-state index in [0.29, 0.717) is 34.9 Å². The number of likely N-dealkylation sites (tertiary alicyclic amines) is 1. The molecule has 4 N–H and O–H groups in total. The van der Waals surface area contributed by atoms with E-state index in [1.165, 1.54) is 6.07 Å². The first-order valence-corrected chi connectivity index (χ1v) is 10.2. The Hall–Kier alpha value is -1.83. The van der Waals surface area contributed by atoms with Crippen molar-refractivity contribution in [3.05, 3.63) is 17.2 Å². The van der Waals surface area contributed by atoms with Gasteiger partial charge in [0, 0.05) is 42.4 Å². The molecule has 2 saturated carbocycles. The van der Waals surface area contributed by atoms with Gasteiger partial charge in [0.1, 0.15) is 17.4 Å². The van der Waals surface area contributed by atoms with Gasteiger partial charge in [0.05, 0.1) is 31.7 Å². The summed E-state index contributed by atoms with van der Waals surface area (Å²) in [6.07, 6.45) is 1.37. The lowest BCUT2D eigenvalue weighted by molar-refractivity contribution is -0.950. The number of phenolic OH excluding ortho intramolecular Hbond substituents is 2. The molecule has 28 heavy (non-hydrogen) atoms. The van der Waals surface area contributed by atoms with Gasteiger partial charge >= 0.3 is 0 Å². The molecule has 2 aliphatic heterocycles. The molecule has 1 spiro atoms. The van der Waals surface area contributed by atoms with Crippen LogP contribution in [0.3, 0.4) is 0 Å². The molecule has 3 aliphatic carbocycles. The number of Topliss-reactive ketones (excluding diaryl/α,β-unsaturated/α-hetero) is 1. The molecule has 0 radical (unpaired) electrons. The maximum absolute atomic E-state index is 12.8. The molecule has 0 aromatic heterocycles. The van der Waals surface area contributed by atoms with Crippen LogP contribution in [-0.4, -0.2) is 74.7 Å². The van der Waals surface area contributed by atoms with Gasteiger partial charge in [-0.15, -0.1) is 0 Å². The van der Waals surface area contributed by atoms with E-state index in [1.807, 2.05) is 0 Å². The number of aromatic hydroxyl groups is 2. The molecule has 5 aliphatic rings. The highest BCUT2D eigenvalue weighted by atomic mass is 16.5. The lowest BCUT2D eigenvalue weighted by atomic mass is 9.48. The summed E-state index contributed by atoms with van der Waals surface area (Å²) in [4.78, 5) is 12.8. The van der Waals surface area contributed by atoms with Crippen molar-refractivity contribution in [1.82, 2.24) is 0 Å². The number of quaternary nitrogens is 1. The number of ether oxygens (including phenoxy) is 1. The van der Waals surface area contributed by atoms with Crippen LogP contribution >= 0.6 is 0 Å². The summed E-state index contributed by atoms with van der Waals surface area (Å²) in [6, 6.07) is 1.10. The van der Waals surface area contributed by atoms with Gasteiger partial charge in [-0.3, -0.25) is 4.79 Å². The van der Waals surface area contributed by atoms with Gasteiger partial charge in [-0.1, -0.05) is 0 Å². The van der Waals surface area contributed by atoms with Crippen molar-refractivity contribution in [2.24, 2.45) is 5.92 Å². The van der Waals surface area contributed by atoms with E-state index in [0.717, 1.165) is 19.5 Å². The standard InChI is InChI=1S/C21H25NO6/c1-22(9-10-6-13(10)24)5-4-20-17-11-7-16(22)21(20,27)3-2-12(23)19(20)28-18(17)15(26)8-14(11)25/h8,10,13,16,19,24,27H,2-7,9H2,1H3,(H-,25,26)/p+1/t10?,13?,16-,19-,20-,21+,22+/m0/s1. The van der Waals surface area contributed by atoms with E-state index in [1.54, 1.807) is 0 Å². The molecule has 7 nitrogen and oxygen atoms in total. The first-order valence-electron chi connectivity index (χ1n) is 10.2. The highest BCUT2D eigenvalue weighted by molar-refractivity contribution is 5.90. The van der Waals surface area contributed by atoms with Crippen molar-refractivity contribution >= 4 is 5.78 Å². The molecule has 2 unspecified atom stereocenters. The third kappa shape index (κ3) is 1.71. The van der Waals surface area contributed by atoms with Crippen molar-refractivity contribution in [3.63, 3.8) is 0 Å². The van der Waals surface area contributed by atoms with Gasteiger partial charge < -0.3 is 29.6 Å². The quantitative estimate of drug-likeness (QED) is 0.545. The van der Waals surface area contributed by atoms with E-state index in [-0.39, 0.29) is 47.5 Å². The minimum Gasteiger partial charge on any atom is -0.508 e. The molecule has 7 heteroatoms. The molecule has 2 bridgehead atoms. The highest BCUT2D eigenvalue weighted by Gasteiger charge is 2.77. The second-order valence-corrected chi connectivity index (χ2v) is 9.88. The normalized spacial score (nSPS) is 47.5. The number of phenols is 2. The highest BCUT2D eigenvalue weighted by Crippen LogP contribution is 2.67. The van der Waals surface area contributed by atoms with Crippen LogP contribution in [0.5, 0.6) is 17.2 Å². The number of carbonyl (C=O) groups is 1. The smallest absolute Gasteiger partial charge is 0.174 e. The molecule has 3 fully saturated rings. The minimum atomic E-state index is -1.14. The van der Waals surface area contributed by atoms with Crippen LogP contribution < -0.4 is 4.74 Å². The molecule has 6 rings (SSSR count). The summed E-state index contributed by atoms with van der Waals surface area (Å²) < 4.78 is 6.62. The number of piperidine rings is 1. The van der Waals surface area contributed by atoms with Crippen LogP contribution in [0.15, 0.2) is 6.07 Å². The van der Waals surface area contributed by atoms with Gasteiger partial charge in [0.15, 0.2) is 23.4 Å². The van der Waals surface area contributed by atoms with Crippen LogP contribution in [0.25, 0.3) is 0 Å². The Morgan fingerprint density at radius 1 is 1.29 bits per heavy atom. The summed E-state index contributed by atoms with van der Waals surface area (Å²) in [5.74, 6) is 0.301. The topological polar surface area (TPSA) is 107 Å². The summed E-state index contributed by atoms with van der Waals surface area (Å²) in [6.45, 7) is 1.55. The summed E-state index contributed by atoms with van der Waals surface area (Å²) >= 11 is 0. The average Bonchev–Trinajstić information content (AvgIpc) is 3.18. The molecule has 150 valence electrons. The Labute approximate surface area is 162 Å². The third-order valence-electron chi connectivity index (χ3n) is 8.55. The van der Waals surface area contributed by atoms with Gasteiger partial charge in [0.2, 0.25) is 0 Å². The number of ketones is 1. The van der Waals surface area contributed by atoms with Crippen molar-refractivity contribution in [2.45, 2.75) is 61.4 Å². The number of hydrogen-bond donors (Lipinski definition) is 4. The van der Waals surface area contributed by atoms with E-state index in [9.17, 15) is 25.2 Å². The molecule has 1 aromatic rings. The number of nitrogens with zero attached hydrogens (tertiary/aromatic N) is 1. The summed E-state index contributed by atoms with van der Waals surface area (Å²) in [5, 5.41) is 43.1. The fraction of sp³-hybridized carbons (Fsp3) is 0.667. The van der Waals surface area contributed by atoms with Crippen LogP contribution in [0, 0.1) is 5.92 Å². The monoisotopic (exact) mass is 388 g/mol. The molecule has 2 heterocycles. The second kappa shape index (κ2) is 4.83. The van der Waals surface area contributed by atoms with E-state index < -0.39 is 17.1 Å². The molecular weight excluding hydrogens is 362 g/mol. The minimum absolute atomic E-state index is 0.00449. The van der Waals surface area contributed by atoms with Crippen molar-refractivity contribution < 1.29 is 34.4 Å². The second-order valence-electron chi connectivity index (χ2n) is 9.88. The molecular formula is C21H26NO6+. The Morgan fingerprint density at radius 3 is 2.75 bits per heavy atom. The van der Waals surface area contributed by atoms with Gasteiger partial charge in [0.25, 0.3) is 0 Å². The van der Waals surface area contributed by atoms with Crippen molar-refractivity contribution in [1.29, 1.82) is 0 Å². The van der Waals surface area contributed by atoms with Crippen molar-refractivity contribution in [2.75, 3.05) is 20.1 Å². The van der Waals surface area contributed by atoms with Gasteiger partial charge in [-0.2, -0.15) is 0 Å². The zero-order valence-corrected chi connectivity index (χ0v) is 15.9. The average molecular weight is 388 g/mol. The molecule has 7 atom stereocenters. The number of rotatable bonds is 2. The van der Waals surface area contributed by atoms with Gasteiger partial charge in [-0.25, -0.2) is 0 Å². The zero-order valence-electron chi connectivity index (χ0n) is 15.9. The number of aliphatic hydroxyl groups is 2. The lowest BCUT2D eigenvalue weighted by Gasteiger charge is -2.64. The predicted octanol–water partition coefficient (Wildman–Crippen LogP) is 0.346. The van der Waals surface area contributed by atoms with Crippen LogP contribution in [-0.2, 0) is 16.6 Å². The number of carbonyl (C=O) groups excluding carboxylic acids is 1. The Morgan fingerprint density at radius 2 is 2.04 bits per heavy atom. The fourth-order valence-corrected chi connectivity index (χ4v) is 7.08. The molecule has 1 saturated heterocycles. The van der Waals surface area contributed by atoms with E-state index >= 15 is 0 Å². The third-order valence-corrected chi connectivity index (χ3v) is 8.55. The first kappa shape index (κ1) is 17.1. The van der Waals surface area contributed by atoms with Crippen molar-refractivity contribution in [3.8, 4) is 17.2 Å². The number of hydrogen-bond acceptors (Lipinski definition) is 6. The van der Waals surface area contributed by atoms with Gasteiger partial charge in [-0.05, 0) is 12.8 Å². The lowest BCUT2D eigenvalue weighted by Crippen LogP contribution is -2.80. The summed E-state index contributed by atoms with van der Waals surface area (Å²) in [7, 11) is 2.13. The largest absolute Gasteiger partial charge is 0.508 e. The number of benzene rings is 1. The first-order chi connectivity index (χ1) is 13.2.